The van der Waals surface area contributed by atoms with Crippen LogP contribution >= 0.6 is 0 Å². The first kappa shape index (κ1) is 15.8. The van der Waals surface area contributed by atoms with Crippen LogP contribution < -0.4 is 10.1 Å². The lowest BCUT2D eigenvalue weighted by Gasteiger charge is -2.08. The summed E-state index contributed by atoms with van der Waals surface area (Å²) in [5.41, 5.74) is 3.04. The number of H-pyrrole nitrogens is 1. The van der Waals surface area contributed by atoms with Crippen LogP contribution in [0.15, 0.2) is 73.2 Å². The summed E-state index contributed by atoms with van der Waals surface area (Å²) >= 11 is 0. The number of amides is 1. The third-order valence-electron chi connectivity index (χ3n) is 3.97. The van der Waals surface area contributed by atoms with Gasteiger partial charge in [0.2, 0.25) is 0 Å². The van der Waals surface area contributed by atoms with Crippen molar-refractivity contribution in [3.8, 4) is 5.75 Å². The molecular weight excluding hydrogens is 328 g/mol. The fourth-order valence-corrected chi connectivity index (χ4v) is 2.62. The van der Waals surface area contributed by atoms with Gasteiger partial charge in [-0.2, -0.15) is 5.10 Å². The summed E-state index contributed by atoms with van der Waals surface area (Å²) in [6, 6.07) is 16.5. The van der Waals surface area contributed by atoms with E-state index < -0.39 is 0 Å². The molecule has 0 aliphatic rings. The number of anilines is 1. The highest BCUT2D eigenvalue weighted by atomic mass is 16.5. The molecule has 2 N–H and O–H groups in total. The monoisotopic (exact) mass is 344 g/mol. The maximum absolute atomic E-state index is 12.5. The van der Waals surface area contributed by atoms with Crippen LogP contribution in [-0.4, -0.2) is 21.1 Å². The molecule has 2 aromatic carbocycles. The van der Waals surface area contributed by atoms with Gasteiger partial charge in [0.25, 0.3) is 5.91 Å². The van der Waals surface area contributed by atoms with E-state index in [4.69, 9.17) is 4.74 Å². The normalized spacial score (nSPS) is 10.6. The lowest BCUT2D eigenvalue weighted by molar-refractivity contribution is 0.102. The number of rotatable bonds is 5. The van der Waals surface area contributed by atoms with Gasteiger partial charge in [0.15, 0.2) is 0 Å². The van der Waals surface area contributed by atoms with Crippen molar-refractivity contribution in [2.24, 2.45) is 0 Å². The van der Waals surface area contributed by atoms with E-state index in [2.05, 4.69) is 20.5 Å². The van der Waals surface area contributed by atoms with Gasteiger partial charge in [0, 0.05) is 28.9 Å². The number of aromatic nitrogens is 3. The highest BCUT2D eigenvalue weighted by Gasteiger charge is 2.09. The van der Waals surface area contributed by atoms with Gasteiger partial charge in [-0.15, -0.1) is 0 Å². The highest BCUT2D eigenvalue weighted by Crippen LogP contribution is 2.21. The van der Waals surface area contributed by atoms with Crippen LogP contribution in [0.1, 0.15) is 15.9 Å². The minimum Gasteiger partial charge on any atom is -0.489 e. The summed E-state index contributed by atoms with van der Waals surface area (Å²) in [7, 11) is 0. The predicted octanol–water partition coefficient (Wildman–Crippen LogP) is 3.79. The number of benzene rings is 2. The van der Waals surface area contributed by atoms with Gasteiger partial charge in [-0.05, 0) is 36.4 Å². The molecule has 128 valence electrons. The van der Waals surface area contributed by atoms with Crippen molar-refractivity contribution in [1.82, 2.24) is 15.2 Å². The molecule has 0 fully saturated rings. The van der Waals surface area contributed by atoms with E-state index in [9.17, 15) is 4.79 Å². The van der Waals surface area contributed by atoms with E-state index in [1.807, 2.05) is 30.3 Å². The standard InChI is InChI=1S/C20H16N4O2/c25-20(23-18-5-1-4-16-12-22-24-19(16)18)15-6-8-17(9-7-15)26-13-14-3-2-10-21-11-14/h1-12H,13H2,(H,22,24)(H,23,25). The summed E-state index contributed by atoms with van der Waals surface area (Å²) in [6.07, 6.45) is 5.21. The fraction of sp³-hybridized carbons (Fsp3) is 0.0500. The molecule has 4 rings (SSSR count). The third kappa shape index (κ3) is 3.39. The van der Waals surface area contributed by atoms with Crippen molar-refractivity contribution in [3.05, 3.63) is 84.3 Å². The molecule has 0 spiro atoms. The summed E-state index contributed by atoms with van der Waals surface area (Å²) < 4.78 is 5.71. The Morgan fingerprint density at radius 2 is 1.92 bits per heavy atom. The van der Waals surface area contributed by atoms with Crippen LogP contribution in [0.3, 0.4) is 0 Å². The topological polar surface area (TPSA) is 79.9 Å². The van der Waals surface area contributed by atoms with Crippen molar-refractivity contribution >= 4 is 22.5 Å². The van der Waals surface area contributed by atoms with Gasteiger partial charge in [-0.1, -0.05) is 18.2 Å². The van der Waals surface area contributed by atoms with Gasteiger partial charge < -0.3 is 10.1 Å². The van der Waals surface area contributed by atoms with Gasteiger partial charge in [-0.3, -0.25) is 14.9 Å². The average molecular weight is 344 g/mol. The van der Waals surface area contributed by atoms with E-state index in [1.54, 1.807) is 42.9 Å². The molecule has 2 heterocycles. The van der Waals surface area contributed by atoms with Crippen molar-refractivity contribution in [3.63, 3.8) is 0 Å². The predicted molar refractivity (Wildman–Crippen MR) is 99.1 cm³/mol. The molecule has 1 amide bonds. The molecule has 0 aliphatic heterocycles. The Labute approximate surface area is 149 Å². The van der Waals surface area contributed by atoms with Crippen LogP contribution in [-0.2, 0) is 6.61 Å². The Balaban J connectivity index is 1.43. The van der Waals surface area contributed by atoms with Crippen LogP contribution in [0.25, 0.3) is 10.9 Å². The summed E-state index contributed by atoms with van der Waals surface area (Å²) in [5, 5.41) is 10.7. The first-order valence-corrected chi connectivity index (χ1v) is 8.15. The molecule has 0 unspecified atom stereocenters. The Kier molecular flexibility index (Phi) is 4.30. The molecule has 6 heteroatoms. The van der Waals surface area contributed by atoms with Crippen LogP contribution in [0.2, 0.25) is 0 Å². The van der Waals surface area contributed by atoms with Crippen LogP contribution in [0, 0.1) is 0 Å². The van der Waals surface area contributed by atoms with E-state index in [0.29, 0.717) is 23.6 Å². The molecule has 26 heavy (non-hydrogen) atoms. The highest BCUT2D eigenvalue weighted by molar-refractivity contribution is 6.08. The number of carbonyl (C=O) groups excluding carboxylic acids is 1. The molecule has 0 aliphatic carbocycles. The smallest absolute Gasteiger partial charge is 0.255 e. The van der Waals surface area contributed by atoms with Crippen molar-refractivity contribution in [2.75, 3.05) is 5.32 Å². The quantitative estimate of drug-likeness (QED) is 0.577. The lowest BCUT2D eigenvalue weighted by Crippen LogP contribution is -2.12. The molecule has 0 bridgehead atoms. The third-order valence-corrected chi connectivity index (χ3v) is 3.97. The number of nitrogens with one attached hydrogen (secondary N) is 2. The number of nitrogens with zero attached hydrogens (tertiary/aromatic N) is 2. The van der Waals surface area contributed by atoms with Gasteiger partial charge in [0.05, 0.1) is 17.4 Å². The number of pyridine rings is 1. The largest absolute Gasteiger partial charge is 0.489 e. The molecular formula is C20H16N4O2. The maximum Gasteiger partial charge on any atom is 0.255 e. The number of fused-ring (bicyclic) bond motifs is 1. The van der Waals surface area contributed by atoms with E-state index >= 15 is 0 Å². The van der Waals surface area contributed by atoms with Crippen LogP contribution in [0.4, 0.5) is 5.69 Å². The van der Waals surface area contributed by atoms with Crippen molar-refractivity contribution in [2.45, 2.75) is 6.61 Å². The summed E-state index contributed by atoms with van der Waals surface area (Å²) in [4.78, 5) is 16.5. The zero-order chi connectivity index (χ0) is 17.8. The SMILES string of the molecule is O=C(Nc1cccc2cn[nH]c12)c1ccc(OCc2cccnc2)cc1. The first-order valence-electron chi connectivity index (χ1n) is 8.15. The first-order chi connectivity index (χ1) is 12.8. The second-order valence-corrected chi connectivity index (χ2v) is 5.77. The number of para-hydroxylation sites is 1. The molecule has 2 aromatic heterocycles. The number of hydrogen-bond donors (Lipinski definition) is 2. The minimum atomic E-state index is -0.189. The molecule has 0 saturated heterocycles. The zero-order valence-corrected chi connectivity index (χ0v) is 13.8. The van der Waals surface area contributed by atoms with E-state index in [1.165, 1.54) is 0 Å². The maximum atomic E-state index is 12.5. The number of hydrogen-bond acceptors (Lipinski definition) is 4. The molecule has 4 aromatic rings. The van der Waals surface area contributed by atoms with Gasteiger partial charge in [-0.25, -0.2) is 0 Å². The minimum absolute atomic E-state index is 0.189. The van der Waals surface area contributed by atoms with E-state index in [0.717, 1.165) is 16.5 Å². The molecule has 0 saturated carbocycles. The van der Waals surface area contributed by atoms with Crippen molar-refractivity contribution in [1.29, 1.82) is 0 Å². The summed E-state index contributed by atoms with van der Waals surface area (Å²) in [5.74, 6) is 0.506. The Morgan fingerprint density at radius 3 is 2.73 bits per heavy atom. The Morgan fingerprint density at radius 1 is 1.04 bits per heavy atom. The molecule has 0 atom stereocenters. The lowest BCUT2D eigenvalue weighted by atomic mass is 10.2. The Bertz CT molecular complexity index is 1030. The Hall–Kier alpha value is -3.67. The number of ether oxygens (including phenoxy) is 1. The van der Waals surface area contributed by atoms with Crippen molar-refractivity contribution < 1.29 is 9.53 Å². The second kappa shape index (κ2) is 7.06. The van der Waals surface area contributed by atoms with Gasteiger partial charge in [0.1, 0.15) is 12.4 Å². The molecule has 6 nitrogen and oxygen atoms in total. The van der Waals surface area contributed by atoms with Crippen LogP contribution in [0.5, 0.6) is 5.75 Å². The molecule has 0 radical (unpaired) electrons. The van der Waals surface area contributed by atoms with E-state index in [-0.39, 0.29) is 5.91 Å². The van der Waals surface area contributed by atoms with Gasteiger partial charge >= 0.3 is 0 Å². The summed E-state index contributed by atoms with van der Waals surface area (Å²) in [6.45, 7) is 0.432. The zero-order valence-electron chi connectivity index (χ0n) is 13.8. The second-order valence-electron chi connectivity index (χ2n) is 5.77. The fourth-order valence-electron chi connectivity index (χ4n) is 2.62. The average Bonchev–Trinajstić information content (AvgIpc) is 3.17. The number of aromatic amines is 1. The number of carbonyl (C=O) groups is 1.